The Morgan fingerprint density at radius 2 is 1.74 bits per heavy atom. The van der Waals surface area contributed by atoms with Crippen LogP contribution in [0.4, 0.5) is 11.4 Å². The van der Waals surface area contributed by atoms with Crippen molar-refractivity contribution in [3.63, 3.8) is 0 Å². The molecular formula is C19H14N2OS. The molecule has 3 nitrogen and oxygen atoms in total. The van der Waals surface area contributed by atoms with Crippen LogP contribution in [0.1, 0.15) is 0 Å². The van der Waals surface area contributed by atoms with E-state index in [1.807, 2.05) is 72.1 Å². The molecule has 0 atom stereocenters. The zero-order valence-electron chi connectivity index (χ0n) is 12.3. The molecule has 23 heavy (non-hydrogen) atoms. The van der Waals surface area contributed by atoms with Gasteiger partial charge in [0.2, 0.25) is 0 Å². The molecule has 2 aromatic heterocycles. The third-order valence-electron chi connectivity index (χ3n) is 3.59. The molecule has 2 heterocycles. The van der Waals surface area contributed by atoms with Crippen molar-refractivity contribution in [1.29, 1.82) is 0 Å². The van der Waals surface area contributed by atoms with Gasteiger partial charge in [0, 0.05) is 11.5 Å². The van der Waals surface area contributed by atoms with Gasteiger partial charge in [-0.3, -0.25) is 0 Å². The smallest absolute Gasteiger partial charge is 0.146 e. The Kier molecular flexibility index (Phi) is 3.44. The van der Waals surface area contributed by atoms with Gasteiger partial charge in [-0.15, -0.1) is 11.3 Å². The third-order valence-corrected chi connectivity index (χ3v) is 4.48. The standard InChI is InChI=1S/C19H14N2OS/c20-14-7-2-3-8-15(14)21-16-12-18(19-10-5-11-23-19)22-17-9-4-1-6-13(16)17/h1-12H,20H2. The number of nitrogens with zero attached hydrogens (tertiary/aromatic N) is 1. The lowest BCUT2D eigenvalue weighted by molar-refractivity contribution is 0.620. The maximum absolute atomic E-state index is 6.03. The van der Waals surface area contributed by atoms with Crippen molar-refractivity contribution in [2.75, 3.05) is 5.73 Å². The van der Waals surface area contributed by atoms with Gasteiger partial charge in [-0.05, 0) is 35.7 Å². The fourth-order valence-electron chi connectivity index (χ4n) is 2.47. The summed E-state index contributed by atoms with van der Waals surface area (Å²) in [6, 6.07) is 21.5. The zero-order chi connectivity index (χ0) is 15.6. The van der Waals surface area contributed by atoms with E-state index in [9.17, 15) is 0 Å². The first-order valence-corrected chi connectivity index (χ1v) is 8.15. The molecule has 0 saturated carbocycles. The average molecular weight is 318 g/mol. The van der Waals surface area contributed by atoms with Gasteiger partial charge in [0.15, 0.2) is 0 Å². The second kappa shape index (κ2) is 5.74. The summed E-state index contributed by atoms with van der Waals surface area (Å²) in [4.78, 5) is 5.84. The van der Waals surface area contributed by atoms with Crippen molar-refractivity contribution >= 4 is 33.7 Å². The molecular weight excluding hydrogens is 304 g/mol. The van der Waals surface area contributed by atoms with Crippen LogP contribution in [0.5, 0.6) is 0 Å². The SMILES string of the molecule is Nc1ccccc1N=c1cc(-c2cccs2)oc2ccccc12. The first-order valence-electron chi connectivity index (χ1n) is 7.27. The number of hydrogen-bond acceptors (Lipinski definition) is 4. The van der Waals surface area contributed by atoms with Crippen molar-refractivity contribution in [2.45, 2.75) is 0 Å². The highest BCUT2D eigenvalue weighted by molar-refractivity contribution is 7.13. The van der Waals surface area contributed by atoms with Crippen molar-refractivity contribution < 1.29 is 4.42 Å². The molecule has 2 N–H and O–H groups in total. The lowest BCUT2D eigenvalue weighted by atomic mass is 10.2. The minimum absolute atomic E-state index is 0.662. The van der Waals surface area contributed by atoms with Crippen LogP contribution in [0.25, 0.3) is 21.6 Å². The van der Waals surface area contributed by atoms with E-state index < -0.39 is 0 Å². The van der Waals surface area contributed by atoms with Gasteiger partial charge in [0.1, 0.15) is 11.3 Å². The van der Waals surface area contributed by atoms with Crippen LogP contribution >= 0.6 is 11.3 Å². The first-order chi connectivity index (χ1) is 11.3. The summed E-state index contributed by atoms with van der Waals surface area (Å²) in [5.74, 6) is 0.812. The van der Waals surface area contributed by atoms with E-state index >= 15 is 0 Å². The highest BCUT2D eigenvalue weighted by atomic mass is 32.1. The van der Waals surface area contributed by atoms with Crippen molar-refractivity contribution in [2.24, 2.45) is 4.99 Å². The van der Waals surface area contributed by atoms with Gasteiger partial charge in [-0.1, -0.05) is 30.3 Å². The van der Waals surface area contributed by atoms with Crippen LogP contribution < -0.4 is 11.1 Å². The predicted molar refractivity (Wildman–Crippen MR) is 95.6 cm³/mol. The molecule has 2 aromatic carbocycles. The molecule has 112 valence electrons. The molecule has 0 saturated heterocycles. The Hall–Kier alpha value is -2.85. The van der Waals surface area contributed by atoms with E-state index in [1.165, 1.54) is 0 Å². The number of nitrogen functional groups attached to an aromatic ring is 1. The molecule has 0 fully saturated rings. The normalized spacial score (nSPS) is 11.9. The summed E-state index contributed by atoms with van der Waals surface area (Å²) in [7, 11) is 0. The summed E-state index contributed by atoms with van der Waals surface area (Å²) in [6.07, 6.45) is 0. The van der Waals surface area contributed by atoms with E-state index in [4.69, 9.17) is 15.1 Å². The number of nitrogens with two attached hydrogens (primary N) is 1. The van der Waals surface area contributed by atoms with Crippen LogP contribution in [0.3, 0.4) is 0 Å². The molecule has 0 aliphatic rings. The minimum atomic E-state index is 0.662. The summed E-state index contributed by atoms with van der Waals surface area (Å²) >= 11 is 1.64. The molecule has 0 aliphatic carbocycles. The lowest BCUT2D eigenvalue weighted by Crippen LogP contribution is -2.03. The largest absolute Gasteiger partial charge is 0.455 e. The van der Waals surface area contributed by atoms with E-state index in [0.717, 1.165) is 32.7 Å². The van der Waals surface area contributed by atoms with Gasteiger partial charge in [-0.25, -0.2) is 4.99 Å². The average Bonchev–Trinajstić information content (AvgIpc) is 3.11. The molecule has 0 radical (unpaired) electrons. The number of benzene rings is 2. The van der Waals surface area contributed by atoms with Crippen LogP contribution in [-0.4, -0.2) is 0 Å². The Morgan fingerprint density at radius 3 is 2.57 bits per heavy atom. The van der Waals surface area contributed by atoms with E-state index in [1.54, 1.807) is 11.3 Å². The van der Waals surface area contributed by atoms with Crippen LogP contribution in [0.15, 0.2) is 81.5 Å². The van der Waals surface area contributed by atoms with Gasteiger partial charge in [-0.2, -0.15) is 0 Å². The molecule has 0 aliphatic heterocycles. The summed E-state index contributed by atoms with van der Waals surface area (Å²) in [5.41, 5.74) is 8.27. The Bertz CT molecular complexity index is 1030. The number of anilines is 1. The maximum Gasteiger partial charge on any atom is 0.146 e. The number of rotatable bonds is 2. The minimum Gasteiger partial charge on any atom is -0.455 e. The fourth-order valence-corrected chi connectivity index (χ4v) is 3.15. The van der Waals surface area contributed by atoms with Crippen molar-refractivity contribution in [3.8, 4) is 10.6 Å². The third kappa shape index (κ3) is 2.64. The maximum atomic E-state index is 6.03. The summed E-state index contributed by atoms with van der Waals surface area (Å²) in [5, 5.41) is 3.86. The van der Waals surface area contributed by atoms with Gasteiger partial charge < -0.3 is 10.2 Å². The van der Waals surface area contributed by atoms with E-state index in [2.05, 4.69) is 0 Å². The molecule has 0 bridgehead atoms. The Balaban J connectivity index is 2.03. The Morgan fingerprint density at radius 1 is 0.913 bits per heavy atom. The summed E-state index contributed by atoms with van der Waals surface area (Å²) in [6.45, 7) is 0. The number of thiophene rings is 1. The number of para-hydroxylation sites is 3. The number of hydrogen-bond donors (Lipinski definition) is 1. The van der Waals surface area contributed by atoms with Crippen LogP contribution in [0, 0.1) is 0 Å². The molecule has 0 amide bonds. The zero-order valence-corrected chi connectivity index (χ0v) is 13.1. The van der Waals surface area contributed by atoms with Gasteiger partial charge >= 0.3 is 0 Å². The topological polar surface area (TPSA) is 51.5 Å². The highest BCUT2D eigenvalue weighted by Crippen LogP contribution is 2.27. The van der Waals surface area contributed by atoms with Crippen molar-refractivity contribution in [1.82, 2.24) is 0 Å². The molecule has 4 heteroatoms. The predicted octanol–water partition coefficient (Wildman–Crippen LogP) is 4.98. The van der Waals surface area contributed by atoms with E-state index in [-0.39, 0.29) is 0 Å². The second-order valence-corrected chi connectivity index (χ2v) is 6.09. The monoisotopic (exact) mass is 318 g/mol. The molecule has 4 rings (SSSR count). The molecule has 4 aromatic rings. The van der Waals surface area contributed by atoms with Gasteiger partial charge in [0.25, 0.3) is 0 Å². The highest BCUT2D eigenvalue weighted by Gasteiger charge is 2.06. The van der Waals surface area contributed by atoms with Gasteiger partial charge in [0.05, 0.1) is 21.6 Å². The first kappa shape index (κ1) is 13.8. The molecule has 0 unspecified atom stereocenters. The lowest BCUT2D eigenvalue weighted by Gasteiger charge is -2.04. The Labute approximate surface area is 137 Å². The quantitative estimate of drug-likeness (QED) is 0.530. The molecule has 0 spiro atoms. The van der Waals surface area contributed by atoms with Crippen LogP contribution in [-0.2, 0) is 0 Å². The number of fused-ring (bicyclic) bond motifs is 1. The van der Waals surface area contributed by atoms with E-state index in [0.29, 0.717) is 5.69 Å². The van der Waals surface area contributed by atoms with Crippen LogP contribution in [0.2, 0.25) is 0 Å². The fraction of sp³-hybridized carbons (Fsp3) is 0. The second-order valence-electron chi connectivity index (χ2n) is 5.14. The van der Waals surface area contributed by atoms with Crippen molar-refractivity contribution in [3.05, 3.63) is 77.5 Å². The summed E-state index contributed by atoms with van der Waals surface area (Å²) < 4.78 is 6.03.